The van der Waals surface area contributed by atoms with E-state index in [1.807, 2.05) is 0 Å². The molecule has 5 saturated carbocycles. The van der Waals surface area contributed by atoms with Crippen LogP contribution in [-0.2, 0) is 0 Å². The first-order valence-corrected chi connectivity index (χ1v) is 36.4. The second-order valence-electron chi connectivity index (χ2n) is 22.5. The molecule has 2 unspecified atom stereocenters. The van der Waals surface area contributed by atoms with Crippen molar-refractivity contribution in [1.29, 1.82) is 0 Å². The first-order valence-electron chi connectivity index (χ1n) is 23.3. The third-order valence-corrected chi connectivity index (χ3v) is 35.4. The largest absolute Gasteiger partial charge is 0.0691 e. The average Bonchev–Trinajstić information content (AvgIpc) is 3.89. The third kappa shape index (κ3) is 11.4. The Morgan fingerprint density at radius 1 is 0.327 bits per heavy atom. The maximum atomic E-state index is 2.80. The molecule has 0 amide bonds. The summed E-state index contributed by atoms with van der Waals surface area (Å²) in [7, 11) is -4.27. The summed E-state index contributed by atoms with van der Waals surface area (Å²) in [5.74, 6) is 4.29. The molecular weight excluding hydrogens is 653 g/mol. The fraction of sp³-hybridized carbons (Fsp3) is 1.00. The van der Waals surface area contributed by atoms with Crippen molar-refractivity contribution in [2.75, 3.05) is 0 Å². The van der Waals surface area contributed by atoms with E-state index in [1.165, 1.54) is 51.4 Å². The molecular formula is C45H90Si4. The molecule has 0 aromatic heterocycles. The second kappa shape index (κ2) is 18.5. The molecule has 0 N–H and O–H groups in total. The Morgan fingerprint density at radius 3 is 0.796 bits per heavy atom. The Kier molecular flexibility index (Phi) is 15.5. The van der Waals surface area contributed by atoms with Gasteiger partial charge < -0.3 is 0 Å². The van der Waals surface area contributed by atoms with E-state index in [1.54, 1.807) is 133 Å². The minimum atomic E-state index is -1.07. The van der Waals surface area contributed by atoms with Crippen LogP contribution in [0.3, 0.4) is 0 Å². The van der Waals surface area contributed by atoms with Crippen LogP contribution >= 0.6 is 0 Å². The fourth-order valence-electron chi connectivity index (χ4n) is 13.9. The van der Waals surface area contributed by atoms with Gasteiger partial charge >= 0.3 is 0 Å². The molecule has 0 aliphatic heterocycles. The van der Waals surface area contributed by atoms with Crippen LogP contribution in [0.1, 0.15) is 161 Å². The second-order valence-corrected chi connectivity index (χ2v) is 43.7. The number of rotatable bonds is 20. The van der Waals surface area contributed by atoms with Gasteiger partial charge in [0.25, 0.3) is 0 Å². The number of hydrogen-bond acceptors (Lipinski definition) is 0. The molecule has 49 heavy (non-hydrogen) atoms. The molecule has 0 spiro atoms. The third-order valence-electron chi connectivity index (χ3n) is 17.7. The lowest BCUT2D eigenvalue weighted by Gasteiger charge is -2.34. The predicted molar refractivity (Wildman–Crippen MR) is 234 cm³/mol. The number of hydrogen-bond donors (Lipinski definition) is 0. The Morgan fingerprint density at radius 2 is 0.551 bits per heavy atom. The summed E-state index contributed by atoms with van der Waals surface area (Å²) < 4.78 is 0. The molecule has 286 valence electrons. The van der Waals surface area contributed by atoms with Crippen molar-refractivity contribution in [3.63, 3.8) is 0 Å². The van der Waals surface area contributed by atoms with Crippen LogP contribution in [0.25, 0.3) is 0 Å². The maximum absolute atomic E-state index is 2.80. The van der Waals surface area contributed by atoms with Crippen molar-refractivity contribution in [3.05, 3.63) is 0 Å². The highest BCUT2D eigenvalue weighted by molar-refractivity contribution is 6.80. The summed E-state index contributed by atoms with van der Waals surface area (Å²) in [6.45, 7) is 22.4. The van der Waals surface area contributed by atoms with Crippen LogP contribution in [0.5, 0.6) is 0 Å². The predicted octanol–water partition coefficient (Wildman–Crippen LogP) is 16.6. The van der Waals surface area contributed by atoms with Gasteiger partial charge in [-0.1, -0.05) is 231 Å². The van der Waals surface area contributed by atoms with Crippen molar-refractivity contribution in [3.8, 4) is 0 Å². The fourth-order valence-corrected chi connectivity index (χ4v) is 27.9. The van der Waals surface area contributed by atoms with Gasteiger partial charge in [0, 0.05) is 0 Å². The zero-order valence-electron chi connectivity index (χ0n) is 35.1. The summed E-state index contributed by atoms with van der Waals surface area (Å²) in [6, 6.07) is 6.56. The lowest BCUT2D eigenvalue weighted by atomic mass is 9.79. The molecule has 0 nitrogen and oxygen atoms in total. The van der Waals surface area contributed by atoms with Gasteiger partial charge in [-0.2, -0.15) is 0 Å². The van der Waals surface area contributed by atoms with Gasteiger partial charge in [-0.15, -0.1) is 0 Å². The van der Waals surface area contributed by atoms with E-state index >= 15 is 0 Å². The van der Waals surface area contributed by atoms with Crippen molar-refractivity contribution in [2.24, 2.45) is 23.7 Å². The molecule has 0 heterocycles. The molecule has 5 aliphatic rings. The van der Waals surface area contributed by atoms with Crippen LogP contribution in [0.4, 0.5) is 0 Å². The van der Waals surface area contributed by atoms with Crippen molar-refractivity contribution in [1.82, 2.24) is 0 Å². The molecule has 0 bridgehead atoms. The van der Waals surface area contributed by atoms with E-state index in [2.05, 4.69) is 52.4 Å². The summed E-state index contributed by atoms with van der Waals surface area (Å²) in [5, 5.41) is 0. The van der Waals surface area contributed by atoms with E-state index < -0.39 is 32.3 Å². The van der Waals surface area contributed by atoms with Crippen LogP contribution < -0.4 is 0 Å². The van der Waals surface area contributed by atoms with Crippen LogP contribution in [-0.4, -0.2) is 32.3 Å². The van der Waals surface area contributed by atoms with Crippen molar-refractivity contribution in [2.45, 2.75) is 259 Å². The molecule has 0 radical (unpaired) electrons. The average molecular weight is 744 g/mol. The molecule has 0 aromatic carbocycles. The first-order chi connectivity index (χ1) is 23.3. The highest BCUT2D eigenvalue weighted by Crippen LogP contribution is 2.53. The lowest BCUT2D eigenvalue weighted by Crippen LogP contribution is -2.32. The minimum Gasteiger partial charge on any atom is -0.0691 e. The maximum Gasteiger partial charge on any atom is 0.0504 e. The Hall–Kier alpha value is 0.868. The van der Waals surface area contributed by atoms with Gasteiger partial charge in [0.1, 0.15) is 0 Å². The summed E-state index contributed by atoms with van der Waals surface area (Å²) in [4.78, 5) is 0. The van der Waals surface area contributed by atoms with Gasteiger partial charge in [0.15, 0.2) is 0 Å². The van der Waals surface area contributed by atoms with Crippen LogP contribution in [0, 0.1) is 23.7 Å². The standard InChI is InChI=1S/C45H90Si4/c1-46(2,40-23-9-10-24-40)33-17-21-38-37-39(22-18-34-47(3,4)41-25-11-12-26-41)45(32-20-36-49(7,8)43-29-15-16-30-43)44(38)31-19-35-48(5,6)42-27-13-14-28-42/h38-45H,9-37H2,1-8H3/t38-,39?,44?,45+/m1/s1. The van der Waals surface area contributed by atoms with E-state index in [0.29, 0.717) is 0 Å². The van der Waals surface area contributed by atoms with Gasteiger partial charge in [0.2, 0.25) is 0 Å². The Balaban J connectivity index is 1.26. The van der Waals surface area contributed by atoms with E-state index in [0.717, 1.165) is 45.8 Å². The van der Waals surface area contributed by atoms with E-state index in [4.69, 9.17) is 0 Å². The van der Waals surface area contributed by atoms with E-state index in [-0.39, 0.29) is 0 Å². The molecule has 4 atom stereocenters. The molecule has 4 heteroatoms. The highest BCUT2D eigenvalue weighted by atomic mass is 28.3. The molecule has 5 fully saturated rings. The zero-order chi connectivity index (χ0) is 35.1. The Labute approximate surface area is 313 Å². The molecule has 0 saturated heterocycles. The van der Waals surface area contributed by atoms with Gasteiger partial charge in [-0.05, 0) is 52.3 Å². The summed E-state index contributed by atoms with van der Waals surface area (Å²) in [5.41, 5.74) is 4.59. The van der Waals surface area contributed by atoms with Crippen LogP contribution in [0.2, 0.25) is 98.7 Å². The SMILES string of the molecule is C[Si](C)(CCCC1C[C@@H](CCC[Si](C)(C)C2CCCC2)C(CCC[Si](C)(C)C2CCCC2)[C@H]1CCC[Si](C)(C)C1CCCC1)C1CCCC1. The minimum absolute atomic E-state index is 1.06. The monoisotopic (exact) mass is 743 g/mol. The quantitative estimate of drug-likeness (QED) is 0.109. The topological polar surface area (TPSA) is 0 Å². The van der Waals surface area contributed by atoms with Crippen molar-refractivity contribution >= 4 is 32.3 Å². The highest BCUT2D eigenvalue weighted by Gasteiger charge is 2.44. The van der Waals surface area contributed by atoms with E-state index in [9.17, 15) is 0 Å². The van der Waals surface area contributed by atoms with Gasteiger partial charge in [-0.3, -0.25) is 0 Å². The van der Waals surface area contributed by atoms with Gasteiger partial charge in [-0.25, -0.2) is 0 Å². The summed E-state index contributed by atoms with van der Waals surface area (Å²) >= 11 is 0. The van der Waals surface area contributed by atoms with Gasteiger partial charge in [0.05, 0.1) is 32.3 Å². The summed E-state index contributed by atoms with van der Waals surface area (Å²) in [6.07, 6.45) is 39.4. The first kappa shape index (κ1) is 41.0. The molecule has 5 aliphatic carbocycles. The lowest BCUT2D eigenvalue weighted by molar-refractivity contribution is 0.235. The zero-order valence-corrected chi connectivity index (χ0v) is 39.1. The normalized spacial score (nSPS) is 28.9. The van der Waals surface area contributed by atoms with Crippen LogP contribution in [0.15, 0.2) is 0 Å². The Bertz CT molecular complexity index is 869. The smallest absolute Gasteiger partial charge is 0.0504 e. The molecule has 5 rings (SSSR count). The molecule has 0 aromatic rings. The van der Waals surface area contributed by atoms with Crippen molar-refractivity contribution < 1.29 is 0 Å².